The van der Waals surface area contributed by atoms with Gasteiger partial charge in [0.25, 0.3) is 0 Å². The third kappa shape index (κ3) is 2.67. The summed E-state index contributed by atoms with van der Waals surface area (Å²) in [5, 5.41) is 0. The van der Waals surface area contributed by atoms with E-state index in [0.29, 0.717) is 0 Å². The number of rotatable bonds is 4. The zero-order valence-electron chi connectivity index (χ0n) is 11.2. The Balaban J connectivity index is 2.26. The van der Waals surface area contributed by atoms with Gasteiger partial charge < -0.3 is 9.47 Å². The minimum absolute atomic E-state index is 1.05. The monoisotopic (exact) mass is 231 g/mol. The van der Waals surface area contributed by atoms with Crippen molar-refractivity contribution in [1.82, 2.24) is 14.5 Å². The summed E-state index contributed by atoms with van der Waals surface area (Å²) in [5.74, 6) is 1.12. The first-order chi connectivity index (χ1) is 8.08. The molecule has 92 valence electrons. The van der Waals surface area contributed by atoms with Gasteiger partial charge in [-0.3, -0.25) is 0 Å². The lowest BCUT2D eigenvalue weighted by Gasteiger charge is -2.11. The van der Waals surface area contributed by atoms with E-state index in [1.807, 2.05) is 0 Å². The number of nitrogens with zero attached hydrogens (tertiary/aromatic N) is 3. The average Bonchev–Trinajstić information content (AvgIpc) is 2.55. The van der Waals surface area contributed by atoms with E-state index in [-0.39, 0.29) is 0 Å². The smallest absolute Gasteiger partial charge is 0.106 e. The molecule has 0 spiro atoms. The molecule has 1 aromatic heterocycles. The maximum atomic E-state index is 4.60. The second kappa shape index (κ2) is 4.88. The van der Waals surface area contributed by atoms with E-state index in [2.05, 4.69) is 60.6 Å². The molecule has 1 aromatic carbocycles. The van der Waals surface area contributed by atoms with E-state index in [0.717, 1.165) is 30.9 Å². The van der Waals surface area contributed by atoms with Gasteiger partial charge in [0, 0.05) is 6.54 Å². The lowest BCUT2D eigenvalue weighted by Crippen LogP contribution is -2.15. The molecular formula is C14H21N3. The molecule has 0 aliphatic carbocycles. The van der Waals surface area contributed by atoms with Crippen LogP contribution in [0.3, 0.4) is 0 Å². The second-order valence-electron chi connectivity index (χ2n) is 4.96. The summed E-state index contributed by atoms with van der Waals surface area (Å²) in [4.78, 5) is 6.82. The number of hydrogen-bond donors (Lipinski definition) is 0. The Morgan fingerprint density at radius 1 is 1.24 bits per heavy atom. The highest BCUT2D eigenvalue weighted by Gasteiger charge is 2.06. The second-order valence-corrected chi connectivity index (χ2v) is 4.96. The van der Waals surface area contributed by atoms with E-state index in [1.165, 1.54) is 11.1 Å². The van der Waals surface area contributed by atoms with E-state index >= 15 is 0 Å². The van der Waals surface area contributed by atoms with Crippen LogP contribution in [0.5, 0.6) is 0 Å². The van der Waals surface area contributed by atoms with Gasteiger partial charge in [-0.05, 0) is 58.6 Å². The first-order valence-corrected chi connectivity index (χ1v) is 6.16. The topological polar surface area (TPSA) is 21.1 Å². The largest absolute Gasteiger partial charge is 0.328 e. The molecule has 1 heterocycles. The zero-order chi connectivity index (χ0) is 12.4. The van der Waals surface area contributed by atoms with Gasteiger partial charge in [0.05, 0.1) is 11.0 Å². The summed E-state index contributed by atoms with van der Waals surface area (Å²) in [7, 11) is 4.23. The quantitative estimate of drug-likeness (QED) is 0.806. The Bertz CT molecular complexity index is 511. The molecule has 0 aliphatic heterocycles. The molecule has 0 N–H and O–H groups in total. The number of hydrogen-bond acceptors (Lipinski definition) is 2. The van der Waals surface area contributed by atoms with Gasteiger partial charge in [-0.1, -0.05) is 6.07 Å². The molecule has 0 atom stereocenters. The normalized spacial score (nSPS) is 11.6. The van der Waals surface area contributed by atoms with Gasteiger partial charge in [0.15, 0.2) is 0 Å². The molecule has 0 unspecified atom stereocenters. The van der Waals surface area contributed by atoms with Crippen LogP contribution in [0.1, 0.15) is 17.8 Å². The first-order valence-electron chi connectivity index (χ1n) is 6.16. The van der Waals surface area contributed by atoms with Crippen LogP contribution in [-0.4, -0.2) is 35.1 Å². The van der Waals surface area contributed by atoms with Crippen LogP contribution < -0.4 is 0 Å². The molecule has 3 nitrogen and oxygen atoms in total. The molecular weight excluding hydrogens is 210 g/mol. The first kappa shape index (κ1) is 12.1. The van der Waals surface area contributed by atoms with E-state index in [1.54, 1.807) is 0 Å². The SMILES string of the molecule is Cc1ccc2nc(C)n(CCCN(C)C)c2c1. The van der Waals surface area contributed by atoms with Gasteiger partial charge in [0.2, 0.25) is 0 Å². The number of aryl methyl sites for hydroxylation is 3. The number of aromatic nitrogens is 2. The molecule has 0 radical (unpaired) electrons. The Labute approximate surface area is 103 Å². The minimum atomic E-state index is 1.05. The highest BCUT2D eigenvalue weighted by molar-refractivity contribution is 5.76. The summed E-state index contributed by atoms with van der Waals surface area (Å²) in [5.41, 5.74) is 3.67. The fraction of sp³-hybridized carbons (Fsp3) is 0.500. The predicted octanol–water partition coefficient (Wildman–Crippen LogP) is 2.60. The van der Waals surface area contributed by atoms with Crippen LogP contribution in [0.2, 0.25) is 0 Å². The van der Waals surface area contributed by atoms with Crippen molar-refractivity contribution >= 4 is 11.0 Å². The average molecular weight is 231 g/mol. The van der Waals surface area contributed by atoms with Crippen molar-refractivity contribution in [2.75, 3.05) is 20.6 Å². The molecule has 0 saturated heterocycles. The van der Waals surface area contributed by atoms with E-state index < -0.39 is 0 Å². The van der Waals surface area contributed by atoms with Crippen LogP contribution in [0.15, 0.2) is 18.2 Å². The molecule has 17 heavy (non-hydrogen) atoms. The fourth-order valence-electron chi connectivity index (χ4n) is 2.18. The summed E-state index contributed by atoms with van der Waals surface area (Å²) in [6.45, 7) is 6.38. The number of imidazole rings is 1. The van der Waals surface area contributed by atoms with Gasteiger partial charge >= 0.3 is 0 Å². The van der Waals surface area contributed by atoms with Crippen LogP contribution >= 0.6 is 0 Å². The molecule has 0 saturated carbocycles. The van der Waals surface area contributed by atoms with Crippen LogP contribution in [0, 0.1) is 13.8 Å². The number of fused-ring (bicyclic) bond motifs is 1. The Kier molecular flexibility index (Phi) is 3.48. The standard InChI is InChI=1S/C14H21N3/c1-11-6-7-13-14(10-11)17(12(2)15-13)9-5-8-16(3)4/h6-7,10H,5,8-9H2,1-4H3. The van der Waals surface area contributed by atoms with Gasteiger partial charge in [-0.25, -0.2) is 4.98 Å². The van der Waals surface area contributed by atoms with Gasteiger partial charge in [0.1, 0.15) is 5.82 Å². The Hall–Kier alpha value is -1.35. The molecule has 0 amide bonds. The molecule has 2 aromatic rings. The summed E-state index contributed by atoms with van der Waals surface area (Å²) >= 11 is 0. The van der Waals surface area contributed by atoms with Crippen molar-refractivity contribution in [2.45, 2.75) is 26.8 Å². The molecule has 0 bridgehead atoms. The highest BCUT2D eigenvalue weighted by Crippen LogP contribution is 2.17. The molecule has 2 rings (SSSR count). The number of benzene rings is 1. The summed E-state index contributed by atoms with van der Waals surface area (Å²) in [6, 6.07) is 6.46. The van der Waals surface area contributed by atoms with E-state index in [9.17, 15) is 0 Å². The summed E-state index contributed by atoms with van der Waals surface area (Å²) in [6.07, 6.45) is 1.16. The lowest BCUT2D eigenvalue weighted by molar-refractivity contribution is 0.387. The molecule has 0 fully saturated rings. The van der Waals surface area contributed by atoms with Crippen molar-refractivity contribution in [3.8, 4) is 0 Å². The van der Waals surface area contributed by atoms with Crippen molar-refractivity contribution in [3.05, 3.63) is 29.6 Å². The molecule has 3 heteroatoms. The fourth-order valence-corrected chi connectivity index (χ4v) is 2.18. The summed E-state index contributed by atoms with van der Waals surface area (Å²) < 4.78 is 2.33. The maximum Gasteiger partial charge on any atom is 0.106 e. The van der Waals surface area contributed by atoms with Crippen molar-refractivity contribution < 1.29 is 0 Å². The minimum Gasteiger partial charge on any atom is -0.328 e. The maximum absolute atomic E-state index is 4.60. The third-order valence-corrected chi connectivity index (χ3v) is 3.08. The Morgan fingerprint density at radius 3 is 2.71 bits per heavy atom. The van der Waals surface area contributed by atoms with Crippen molar-refractivity contribution in [1.29, 1.82) is 0 Å². The van der Waals surface area contributed by atoms with Crippen molar-refractivity contribution in [2.24, 2.45) is 0 Å². The van der Waals surface area contributed by atoms with Crippen LogP contribution in [0.25, 0.3) is 11.0 Å². The van der Waals surface area contributed by atoms with Gasteiger partial charge in [-0.15, -0.1) is 0 Å². The Morgan fingerprint density at radius 2 is 2.00 bits per heavy atom. The van der Waals surface area contributed by atoms with Crippen molar-refractivity contribution in [3.63, 3.8) is 0 Å². The molecule has 0 aliphatic rings. The highest BCUT2D eigenvalue weighted by atomic mass is 15.1. The zero-order valence-corrected chi connectivity index (χ0v) is 11.2. The van der Waals surface area contributed by atoms with Crippen LogP contribution in [-0.2, 0) is 6.54 Å². The van der Waals surface area contributed by atoms with Gasteiger partial charge in [-0.2, -0.15) is 0 Å². The van der Waals surface area contributed by atoms with E-state index in [4.69, 9.17) is 0 Å². The third-order valence-electron chi connectivity index (χ3n) is 3.08. The van der Waals surface area contributed by atoms with Crippen LogP contribution in [0.4, 0.5) is 0 Å². The lowest BCUT2D eigenvalue weighted by atomic mass is 10.2. The predicted molar refractivity (Wildman–Crippen MR) is 72.4 cm³/mol.